The molecule has 18 heavy (non-hydrogen) atoms. The third-order valence-electron chi connectivity index (χ3n) is 3.20. The number of allylic oxidation sites excluding steroid dienone is 1. The molecule has 3 nitrogen and oxygen atoms in total. The molecular weight excluding hydrogens is 224 g/mol. The smallest absolute Gasteiger partial charge is 0.109 e. The van der Waals surface area contributed by atoms with Crippen molar-refractivity contribution in [1.82, 2.24) is 10.3 Å². The van der Waals surface area contributed by atoms with Gasteiger partial charge in [0, 0.05) is 12.4 Å². The maximum Gasteiger partial charge on any atom is 0.109 e. The molecule has 1 atom stereocenters. The molecule has 0 bridgehead atoms. The van der Waals surface area contributed by atoms with E-state index in [1.807, 2.05) is 18.5 Å². The van der Waals surface area contributed by atoms with Gasteiger partial charge in [0.05, 0.1) is 12.6 Å². The second kappa shape index (κ2) is 7.17. The Hall–Kier alpha value is -1.35. The SMILES string of the molecule is CCNC(CCc1cccnc1)C1=CCCCO1. The van der Waals surface area contributed by atoms with Crippen molar-refractivity contribution >= 4 is 0 Å². The average molecular weight is 246 g/mol. The van der Waals surface area contributed by atoms with Gasteiger partial charge >= 0.3 is 0 Å². The molecule has 3 heteroatoms. The zero-order valence-corrected chi connectivity index (χ0v) is 11.1. The van der Waals surface area contributed by atoms with E-state index in [4.69, 9.17) is 4.74 Å². The highest BCUT2D eigenvalue weighted by molar-refractivity contribution is 5.11. The van der Waals surface area contributed by atoms with Crippen LogP contribution in [-0.2, 0) is 11.2 Å². The van der Waals surface area contributed by atoms with Gasteiger partial charge in [-0.05, 0) is 49.9 Å². The molecule has 0 aliphatic carbocycles. The van der Waals surface area contributed by atoms with Crippen molar-refractivity contribution in [1.29, 1.82) is 0 Å². The van der Waals surface area contributed by atoms with E-state index in [1.165, 1.54) is 5.56 Å². The van der Waals surface area contributed by atoms with E-state index in [0.29, 0.717) is 6.04 Å². The Morgan fingerprint density at radius 1 is 1.50 bits per heavy atom. The number of nitrogens with zero attached hydrogens (tertiary/aromatic N) is 1. The largest absolute Gasteiger partial charge is 0.497 e. The van der Waals surface area contributed by atoms with Gasteiger partial charge in [0.25, 0.3) is 0 Å². The van der Waals surface area contributed by atoms with Crippen LogP contribution in [0.15, 0.2) is 36.4 Å². The summed E-state index contributed by atoms with van der Waals surface area (Å²) >= 11 is 0. The highest BCUT2D eigenvalue weighted by Gasteiger charge is 2.16. The van der Waals surface area contributed by atoms with Gasteiger partial charge in [-0.2, -0.15) is 0 Å². The van der Waals surface area contributed by atoms with Gasteiger partial charge in [0.1, 0.15) is 5.76 Å². The molecule has 1 aromatic heterocycles. The zero-order chi connectivity index (χ0) is 12.6. The fraction of sp³-hybridized carbons (Fsp3) is 0.533. The summed E-state index contributed by atoms with van der Waals surface area (Å²) in [5, 5.41) is 3.51. The summed E-state index contributed by atoms with van der Waals surface area (Å²) in [6.07, 6.45) is 10.4. The van der Waals surface area contributed by atoms with Crippen LogP contribution in [0, 0.1) is 0 Å². The second-order valence-corrected chi connectivity index (χ2v) is 4.61. The van der Waals surface area contributed by atoms with E-state index in [1.54, 1.807) is 0 Å². The minimum atomic E-state index is 0.343. The lowest BCUT2D eigenvalue weighted by atomic mass is 10.0. The molecule has 1 aromatic rings. The Morgan fingerprint density at radius 2 is 2.44 bits per heavy atom. The molecule has 0 saturated carbocycles. The molecule has 0 saturated heterocycles. The summed E-state index contributed by atoms with van der Waals surface area (Å²) in [6.45, 7) is 3.97. The van der Waals surface area contributed by atoms with Gasteiger partial charge in [-0.3, -0.25) is 4.98 Å². The number of ether oxygens (including phenoxy) is 1. The van der Waals surface area contributed by atoms with Crippen molar-refractivity contribution in [3.8, 4) is 0 Å². The van der Waals surface area contributed by atoms with E-state index in [-0.39, 0.29) is 0 Å². The Balaban J connectivity index is 1.91. The van der Waals surface area contributed by atoms with Crippen LogP contribution < -0.4 is 5.32 Å². The van der Waals surface area contributed by atoms with Crippen LogP contribution in [-0.4, -0.2) is 24.2 Å². The lowest BCUT2D eigenvalue weighted by molar-refractivity contribution is 0.165. The third kappa shape index (κ3) is 3.84. The number of aryl methyl sites for hydroxylation is 1. The Kier molecular flexibility index (Phi) is 5.21. The van der Waals surface area contributed by atoms with E-state index in [2.05, 4.69) is 29.4 Å². The molecule has 1 aliphatic heterocycles. The lowest BCUT2D eigenvalue weighted by Gasteiger charge is -2.24. The topological polar surface area (TPSA) is 34.2 Å². The van der Waals surface area contributed by atoms with Gasteiger partial charge in [-0.25, -0.2) is 0 Å². The zero-order valence-electron chi connectivity index (χ0n) is 11.1. The summed E-state index contributed by atoms with van der Waals surface area (Å²) in [6, 6.07) is 4.47. The van der Waals surface area contributed by atoms with Crippen molar-refractivity contribution in [2.45, 2.75) is 38.6 Å². The maximum atomic E-state index is 5.76. The molecule has 2 heterocycles. The summed E-state index contributed by atoms with van der Waals surface area (Å²) in [5.41, 5.74) is 1.29. The Bertz CT molecular complexity index is 375. The van der Waals surface area contributed by atoms with Crippen molar-refractivity contribution in [2.24, 2.45) is 0 Å². The van der Waals surface area contributed by atoms with E-state index in [0.717, 1.165) is 44.6 Å². The number of pyridine rings is 1. The Labute approximate surface area is 109 Å². The fourth-order valence-electron chi connectivity index (χ4n) is 2.27. The van der Waals surface area contributed by atoms with Crippen LogP contribution >= 0.6 is 0 Å². The molecule has 0 spiro atoms. The molecular formula is C15H22N2O. The predicted molar refractivity (Wildman–Crippen MR) is 73.3 cm³/mol. The molecule has 0 fully saturated rings. The maximum absolute atomic E-state index is 5.76. The standard InChI is InChI=1S/C15H22N2O/c1-2-17-14(15-7-3-4-11-18-15)9-8-13-6-5-10-16-12-13/h5-7,10,12,14,17H,2-4,8-9,11H2,1H3. The number of rotatable bonds is 6. The molecule has 1 N–H and O–H groups in total. The van der Waals surface area contributed by atoms with Crippen molar-refractivity contribution in [3.63, 3.8) is 0 Å². The molecule has 98 valence electrons. The van der Waals surface area contributed by atoms with Crippen LogP contribution in [0.1, 0.15) is 31.7 Å². The minimum Gasteiger partial charge on any atom is -0.497 e. The van der Waals surface area contributed by atoms with Crippen molar-refractivity contribution in [3.05, 3.63) is 41.9 Å². The molecule has 1 aliphatic rings. The average Bonchev–Trinajstić information content (AvgIpc) is 2.45. The lowest BCUT2D eigenvalue weighted by Crippen LogP contribution is -2.33. The van der Waals surface area contributed by atoms with Crippen molar-refractivity contribution < 1.29 is 4.74 Å². The minimum absolute atomic E-state index is 0.343. The molecule has 0 amide bonds. The first-order chi connectivity index (χ1) is 8.90. The van der Waals surface area contributed by atoms with Crippen LogP contribution in [0.4, 0.5) is 0 Å². The van der Waals surface area contributed by atoms with Gasteiger partial charge in [-0.1, -0.05) is 13.0 Å². The van der Waals surface area contributed by atoms with Crippen molar-refractivity contribution in [2.75, 3.05) is 13.2 Å². The number of nitrogens with one attached hydrogen (secondary N) is 1. The highest BCUT2D eigenvalue weighted by atomic mass is 16.5. The fourth-order valence-corrected chi connectivity index (χ4v) is 2.27. The first kappa shape index (κ1) is 13.1. The van der Waals surface area contributed by atoms with E-state index in [9.17, 15) is 0 Å². The number of hydrogen-bond acceptors (Lipinski definition) is 3. The predicted octanol–water partition coefficient (Wildman–Crippen LogP) is 2.69. The third-order valence-corrected chi connectivity index (χ3v) is 3.20. The first-order valence-electron chi connectivity index (χ1n) is 6.85. The van der Waals surface area contributed by atoms with Gasteiger partial charge in [0.2, 0.25) is 0 Å². The van der Waals surface area contributed by atoms with Gasteiger partial charge in [-0.15, -0.1) is 0 Å². The highest BCUT2D eigenvalue weighted by Crippen LogP contribution is 2.17. The van der Waals surface area contributed by atoms with Gasteiger partial charge in [0.15, 0.2) is 0 Å². The summed E-state index contributed by atoms with van der Waals surface area (Å²) in [4.78, 5) is 4.15. The molecule has 0 aromatic carbocycles. The summed E-state index contributed by atoms with van der Waals surface area (Å²) < 4.78 is 5.76. The van der Waals surface area contributed by atoms with Crippen LogP contribution in [0.3, 0.4) is 0 Å². The second-order valence-electron chi connectivity index (χ2n) is 4.61. The van der Waals surface area contributed by atoms with E-state index < -0.39 is 0 Å². The van der Waals surface area contributed by atoms with Gasteiger partial charge < -0.3 is 10.1 Å². The number of likely N-dealkylation sites (N-methyl/N-ethyl adjacent to an activating group) is 1. The van der Waals surface area contributed by atoms with Crippen LogP contribution in [0.5, 0.6) is 0 Å². The Morgan fingerprint density at radius 3 is 3.11 bits per heavy atom. The molecule has 1 unspecified atom stereocenters. The first-order valence-corrected chi connectivity index (χ1v) is 6.85. The van der Waals surface area contributed by atoms with Crippen LogP contribution in [0.25, 0.3) is 0 Å². The number of hydrogen-bond donors (Lipinski definition) is 1. The molecule has 0 radical (unpaired) electrons. The van der Waals surface area contributed by atoms with Crippen LogP contribution in [0.2, 0.25) is 0 Å². The summed E-state index contributed by atoms with van der Waals surface area (Å²) in [5.74, 6) is 1.13. The molecule has 2 rings (SSSR count). The van der Waals surface area contributed by atoms with E-state index >= 15 is 0 Å². The normalized spacial score (nSPS) is 16.8. The number of aromatic nitrogens is 1. The quantitative estimate of drug-likeness (QED) is 0.838. The summed E-state index contributed by atoms with van der Waals surface area (Å²) in [7, 11) is 0. The monoisotopic (exact) mass is 246 g/mol.